The van der Waals surface area contributed by atoms with E-state index in [1.165, 1.54) is 0 Å². The van der Waals surface area contributed by atoms with Crippen molar-refractivity contribution in [2.45, 2.75) is 0 Å². The number of thiophene rings is 1. The molecule has 0 bridgehead atoms. The summed E-state index contributed by atoms with van der Waals surface area (Å²) in [7, 11) is 1.94. The van der Waals surface area contributed by atoms with Crippen LogP contribution < -0.4 is 0 Å². The van der Waals surface area contributed by atoms with Gasteiger partial charge in [0.15, 0.2) is 0 Å². The monoisotopic (exact) mass is 565 g/mol. The Labute approximate surface area is 180 Å². The van der Waals surface area contributed by atoms with Crippen LogP contribution in [0.25, 0.3) is 22.1 Å². The van der Waals surface area contributed by atoms with Crippen LogP contribution >= 0.6 is 11.3 Å². The minimum absolute atomic E-state index is 0. The third-order valence-electron chi connectivity index (χ3n) is 3.74. The number of imidazole rings is 2. The molecule has 0 atom stereocenters. The number of nitrogens with zero attached hydrogens (tertiary/aromatic N) is 6. The first-order chi connectivity index (χ1) is 13.3. The van der Waals surface area contributed by atoms with E-state index < -0.39 is 0 Å². The van der Waals surface area contributed by atoms with E-state index in [0.29, 0.717) is 0 Å². The Morgan fingerprint density at radius 1 is 1.11 bits per heavy atom. The number of benzene rings is 1. The average molecular weight is 565 g/mol. The van der Waals surface area contributed by atoms with Gasteiger partial charge in [-0.15, -0.1) is 0 Å². The Kier molecular flexibility index (Phi) is 6.71. The standard InChI is InChI=1S/C13H11N4.C7H5N2S.Ir/c1-16-8-13(15-10-16)17-9-14-7-12(17)11-5-3-2-4-6-11;1-3-7(10-6-1)9-5-2-4-8-9;/h2-8,10H,1H3;1-2,4-6H;/q2*-1;. The maximum absolute atomic E-state index is 4.30. The van der Waals surface area contributed by atoms with Crippen molar-refractivity contribution in [1.82, 2.24) is 28.9 Å². The van der Waals surface area contributed by atoms with E-state index in [9.17, 15) is 0 Å². The van der Waals surface area contributed by atoms with E-state index in [-0.39, 0.29) is 20.1 Å². The number of hydrogen-bond acceptors (Lipinski definition) is 4. The van der Waals surface area contributed by atoms with Crippen molar-refractivity contribution < 1.29 is 20.1 Å². The van der Waals surface area contributed by atoms with Crippen LogP contribution in [-0.2, 0) is 27.2 Å². The molecule has 8 heteroatoms. The zero-order chi connectivity index (χ0) is 18.5. The first kappa shape index (κ1) is 19.9. The second kappa shape index (κ2) is 9.41. The van der Waals surface area contributed by atoms with Gasteiger partial charge in [-0.2, -0.15) is 10.5 Å². The van der Waals surface area contributed by atoms with Crippen LogP contribution in [-0.4, -0.2) is 28.9 Å². The van der Waals surface area contributed by atoms with Crippen LogP contribution in [0.15, 0.2) is 79.0 Å². The minimum atomic E-state index is 0. The van der Waals surface area contributed by atoms with Gasteiger partial charge < -0.3 is 14.1 Å². The minimum Gasteiger partial charge on any atom is -0.410 e. The van der Waals surface area contributed by atoms with E-state index in [1.54, 1.807) is 34.7 Å². The molecule has 5 rings (SSSR count). The van der Waals surface area contributed by atoms with Crippen LogP contribution in [0.1, 0.15) is 0 Å². The van der Waals surface area contributed by atoms with Crippen molar-refractivity contribution in [3.05, 3.63) is 91.4 Å². The van der Waals surface area contributed by atoms with Gasteiger partial charge in [0.1, 0.15) is 0 Å². The normalized spacial score (nSPS) is 10.0. The molecule has 0 aliphatic carbocycles. The Hall–Kier alpha value is -2.80. The van der Waals surface area contributed by atoms with Crippen LogP contribution in [0.3, 0.4) is 0 Å². The molecule has 143 valence electrons. The fourth-order valence-electron chi connectivity index (χ4n) is 2.51. The molecule has 0 unspecified atom stereocenters. The van der Waals surface area contributed by atoms with Crippen LogP contribution in [0.2, 0.25) is 0 Å². The molecule has 6 nitrogen and oxygen atoms in total. The maximum atomic E-state index is 4.30. The van der Waals surface area contributed by atoms with E-state index >= 15 is 0 Å². The first-order valence-corrected chi connectivity index (χ1v) is 9.13. The molecule has 0 N–H and O–H groups in total. The van der Waals surface area contributed by atoms with Crippen molar-refractivity contribution in [3.8, 4) is 22.1 Å². The molecule has 0 spiro atoms. The van der Waals surface area contributed by atoms with Crippen molar-refractivity contribution >= 4 is 11.3 Å². The molecule has 4 heterocycles. The van der Waals surface area contributed by atoms with Gasteiger partial charge in [-0.05, 0) is 6.07 Å². The van der Waals surface area contributed by atoms with E-state index in [4.69, 9.17) is 0 Å². The summed E-state index contributed by atoms with van der Waals surface area (Å²) in [6.07, 6.45) is 12.1. The van der Waals surface area contributed by atoms with Crippen LogP contribution in [0.4, 0.5) is 0 Å². The molecule has 0 amide bonds. The number of aromatic nitrogens is 6. The van der Waals surface area contributed by atoms with Gasteiger partial charge in [-0.1, -0.05) is 47.8 Å². The summed E-state index contributed by atoms with van der Waals surface area (Å²) in [4.78, 5) is 8.37. The van der Waals surface area contributed by atoms with Gasteiger partial charge in [0, 0.05) is 57.1 Å². The summed E-state index contributed by atoms with van der Waals surface area (Å²) < 4.78 is 5.55. The second-order valence-corrected chi connectivity index (χ2v) is 6.56. The molecule has 1 aromatic carbocycles. The summed E-state index contributed by atoms with van der Waals surface area (Å²) in [5.74, 6) is 0.823. The van der Waals surface area contributed by atoms with E-state index in [0.717, 1.165) is 22.1 Å². The molecule has 0 saturated carbocycles. The molecule has 0 fully saturated rings. The van der Waals surface area contributed by atoms with Gasteiger partial charge in [0.25, 0.3) is 0 Å². The summed E-state index contributed by atoms with van der Waals surface area (Å²) in [6, 6.07) is 16.9. The molecule has 5 aromatic rings. The summed E-state index contributed by atoms with van der Waals surface area (Å²) in [5.41, 5.74) is 2.09. The topological polar surface area (TPSA) is 53.5 Å². The largest absolute Gasteiger partial charge is 0.410 e. The predicted molar refractivity (Wildman–Crippen MR) is 105 cm³/mol. The van der Waals surface area contributed by atoms with Crippen molar-refractivity contribution in [1.29, 1.82) is 0 Å². The summed E-state index contributed by atoms with van der Waals surface area (Å²) in [6.45, 7) is 0. The van der Waals surface area contributed by atoms with Gasteiger partial charge in [0.2, 0.25) is 0 Å². The predicted octanol–water partition coefficient (Wildman–Crippen LogP) is 3.80. The molecule has 1 radical (unpaired) electrons. The Morgan fingerprint density at radius 3 is 2.61 bits per heavy atom. The van der Waals surface area contributed by atoms with Gasteiger partial charge in [-0.3, -0.25) is 9.67 Å². The van der Waals surface area contributed by atoms with Gasteiger partial charge in [-0.25, -0.2) is 23.5 Å². The Balaban J connectivity index is 0.000000175. The molecule has 0 saturated heterocycles. The summed E-state index contributed by atoms with van der Waals surface area (Å²) in [5, 5.41) is 7.07. The molecule has 0 aliphatic rings. The van der Waals surface area contributed by atoms with Crippen molar-refractivity contribution in [2.24, 2.45) is 7.05 Å². The maximum Gasteiger partial charge on any atom is 0.0853 e. The summed E-state index contributed by atoms with van der Waals surface area (Å²) >= 11 is 1.63. The van der Waals surface area contributed by atoms with E-state index in [2.05, 4.69) is 27.5 Å². The molecule has 0 aliphatic heterocycles. The van der Waals surface area contributed by atoms with Crippen molar-refractivity contribution in [3.63, 3.8) is 0 Å². The molecule has 28 heavy (non-hydrogen) atoms. The van der Waals surface area contributed by atoms with Crippen molar-refractivity contribution in [2.75, 3.05) is 0 Å². The number of rotatable bonds is 3. The Bertz CT molecular complexity index is 1050. The quantitative estimate of drug-likeness (QED) is 0.314. The fourth-order valence-corrected chi connectivity index (χ4v) is 3.12. The molecule has 4 aromatic heterocycles. The third kappa shape index (κ3) is 4.54. The van der Waals surface area contributed by atoms with Crippen LogP contribution in [0.5, 0.6) is 0 Å². The van der Waals surface area contributed by atoms with Gasteiger partial charge in [0.05, 0.1) is 12.1 Å². The van der Waals surface area contributed by atoms with Crippen LogP contribution in [0, 0.1) is 12.4 Å². The average Bonchev–Trinajstić information content (AvgIpc) is 3.49. The first-order valence-electron chi connectivity index (χ1n) is 8.25. The number of hydrogen-bond donors (Lipinski definition) is 0. The third-order valence-corrected chi connectivity index (χ3v) is 4.54. The molecular weight excluding hydrogens is 549 g/mol. The van der Waals surface area contributed by atoms with E-state index in [1.807, 2.05) is 76.4 Å². The smallest absolute Gasteiger partial charge is 0.0853 e. The number of aryl methyl sites for hydroxylation is 1. The Morgan fingerprint density at radius 2 is 1.96 bits per heavy atom. The molecular formula is C20H16IrN6S-2. The fraction of sp³-hybridized carbons (Fsp3) is 0.0500. The zero-order valence-corrected chi connectivity index (χ0v) is 18.1. The SMILES string of the molecule is Cn1cnc(-n2[c-]ncc2-c2ccccc2)c1.[Ir].[c-]1ccsc1-n1cccn1. The van der Waals surface area contributed by atoms with Gasteiger partial charge >= 0.3 is 0 Å². The zero-order valence-electron chi connectivity index (χ0n) is 14.9. The second-order valence-electron chi connectivity index (χ2n) is 5.66.